The van der Waals surface area contributed by atoms with Crippen molar-refractivity contribution >= 4 is 16.9 Å². The lowest BCUT2D eigenvalue weighted by Gasteiger charge is -2.14. The monoisotopic (exact) mass is 309 g/mol. The molecule has 1 unspecified atom stereocenters. The third-order valence-corrected chi connectivity index (χ3v) is 3.99. The highest BCUT2D eigenvalue weighted by Crippen LogP contribution is 2.23. The minimum atomic E-state index is -0.246. The van der Waals surface area contributed by atoms with E-state index in [4.69, 9.17) is 4.74 Å². The smallest absolute Gasteiger partial charge is 0.309 e. The van der Waals surface area contributed by atoms with Crippen molar-refractivity contribution in [2.75, 3.05) is 7.11 Å². The quantitative estimate of drug-likeness (QED) is 0.710. The van der Waals surface area contributed by atoms with Crippen LogP contribution < -0.4 is 0 Å². The second kappa shape index (κ2) is 6.57. The molecule has 0 bridgehead atoms. The van der Waals surface area contributed by atoms with E-state index >= 15 is 0 Å². The maximum absolute atomic E-state index is 12.1. The van der Waals surface area contributed by atoms with Gasteiger partial charge in [0.25, 0.3) is 0 Å². The number of methoxy groups -OCH3 is 1. The Labute approximate surface area is 134 Å². The number of H-pyrrole nitrogens is 1. The fourth-order valence-corrected chi connectivity index (χ4v) is 2.86. The standard InChI is InChI=1S/C19H19NO3/c1-23-19(22)15(9-13-5-3-2-4-6-13)11-16-10-14-12-17(21)7-8-18(14)20-16/h2-8,10,12,15,20-21H,9,11H2,1H3. The van der Waals surface area contributed by atoms with Crippen LogP contribution in [0.2, 0.25) is 0 Å². The van der Waals surface area contributed by atoms with Gasteiger partial charge in [0, 0.05) is 23.0 Å². The van der Waals surface area contributed by atoms with E-state index < -0.39 is 0 Å². The summed E-state index contributed by atoms with van der Waals surface area (Å²) in [6, 6.07) is 17.1. The van der Waals surface area contributed by atoms with Crippen molar-refractivity contribution in [3.8, 4) is 5.75 Å². The minimum Gasteiger partial charge on any atom is -0.508 e. The van der Waals surface area contributed by atoms with Gasteiger partial charge in [-0.1, -0.05) is 30.3 Å². The van der Waals surface area contributed by atoms with E-state index in [1.807, 2.05) is 42.5 Å². The first-order valence-corrected chi connectivity index (χ1v) is 7.58. The van der Waals surface area contributed by atoms with E-state index in [-0.39, 0.29) is 17.6 Å². The Balaban J connectivity index is 1.83. The molecule has 0 aliphatic heterocycles. The zero-order valence-electron chi connectivity index (χ0n) is 13.0. The molecule has 4 heteroatoms. The zero-order chi connectivity index (χ0) is 16.2. The molecular formula is C19H19NO3. The number of aromatic hydroxyl groups is 1. The Bertz CT molecular complexity index is 808. The Hall–Kier alpha value is -2.75. The number of benzene rings is 2. The van der Waals surface area contributed by atoms with Crippen LogP contribution >= 0.6 is 0 Å². The zero-order valence-corrected chi connectivity index (χ0v) is 13.0. The number of ether oxygens (including phenoxy) is 1. The summed E-state index contributed by atoms with van der Waals surface area (Å²) in [5.41, 5.74) is 3.01. The van der Waals surface area contributed by atoms with Gasteiger partial charge < -0.3 is 14.8 Å². The van der Waals surface area contributed by atoms with Gasteiger partial charge in [-0.15, -0.1) is 0 Å². The van der Waals surface area contributed by atoms with Crippen molar-refractivity contribution in [3.05, 3.63) is 65.9 Å². The van der Waals surface area contributed by atoms with Crippen LogP contribution in [0.5, 0.6) is 5.75 Å². The van der Waals surface area contributed by atoms with Crippen LogP contribution in [0.1, 0.15) is 11.3 Å². The molecule has 0 radical (unpaired) electrons. The molecule has 1 aromatic heterocycles. The molecule has 0 amide bonds. The summed E-state index contributed by atoms with van der Waals surface area (Å²) >= 11 is 0. The van der Waals surface area contributed by atoms with Gasteiger partial charge in [-0.3, -0.25) is 4.79 Å². The highest BCUT2D eigenvalue weighted by atomic mass is 16.5. The van der Waals surface area contributed by atoms with Gasteiger partial charge in [0.05, 0.1) is 13.0 Å². The summed E-state index contributed by atoms with van der Waals surface area (Å²) in [6.07, 6.45) is 1.20. The van der Waals surface area contributed by atoms with Gasteiger partial charge in [-0.25, -0.2) is 0 Å². The number of aromatic amines is 1. The molecule has 0 spiro atoms. The summed E-state index contributed by atoms with van der Waals surface area (Å²) in [5, 5.41) is 10.5. The summed E-state index contributed by atoms with van der Waals surface area (Å²) in [7, 11) is 1.42. The van der Waals surface area contributed by atoms with Gasteiger partial charge in [0.15, 0.2) is 0 Å². The predicted molar refractivity (Wildman–Crippen MR) is 89.3 cm³/mol. The molecular weight excluding hydrogens is 290 g/mol. The van der Waals surface area contributed by atoms with E-state index in [1.54, 1.807) is 12.1 Å². The maximum Gasteiger partial charge on any atom is 0.309 e. The molecule has 1 atom stereocenters. The van der Waals surface area contributed by atoms with E-state index in [2.05, 4.69) is 4.98 Å². The number of carbonyl (C=O) groups excluding carboxylic acids is 1. The van der Waals surface area contributed by atoms with Crippen molar-refractivity contribution in [1.82, 2.24) is 4.98 Å². The van der Waals surface area contributed by atoms with Crippen molar-refractivity contribution in [3.63, 3.8) is 0 Å². The van der Waals surface area contributed by atoms with Crippen LogP contribution in [0.25, 0.3) is 10.9 Å². The Morgan fingerprint density at radius 1 is 1.13 bits per heavy atom. The van der Waals surface area contributed by atoms with Gasteiger partial charge >= 0.3 is 5.97 Å². The van der Waals surface area contributed by atoms with E-state index in [0.717, 1.165) is 22.2 Å². The van der Waals surface area contributed by atoms with Crippen molar-refractivity contribution in [1.29, 1.82) is 0 Å². The minimum absolute atomic E-state index is 0.213. The molecule has 0 saturated carbocycles. The fourth-order valence-electron chi connectivity index (χ4n) is 2.86. The van der Waals surface area contributed by atoms with Gasteiger partial charge in [0.1, 0.15) is 5.75 Å². The Morgan fingerprint density at radius 2 is 1.91 bits per heavy atom. The molecule has 0 aliphatic rings. The number of phenols is 1. The summed E-state index contributed by atoms with van der Waals surface area (Å²) in [5.74, 6) is -0.226. The first kappa shape index (κ1) is 15.2. The van der Waals surface area contributed by atoms with E-state index in [1.165, 1.54) is 7.11 Å². The average Bonchev–Trinajstić information content (AvgIpc) is 2.96. The second-order valence-corrected chi connectivity index (χ2v) is 5.68. The average molecular weight is 309 g/mol. The SMILES string of the molecule is COC(=O)C(Cc1ccccc1)Cc1cc2cc(O)ccc2[nH]1. The molecule has 23 heavy (non-hydrogen) atoms. The van der Waals surface area contributed by atoms with Crippen LogP contribution in [0.4, 0.5) is 0 Å². The number of carbonyl (C=O) groups is 1. The largest absolute Gasteiger partial charge is 0.508 e. The number of nitrogens with one attached hydrogen (secondary N) is 1. The molecule has 4 nitrogen and oxygen atoms in total. The molecule has 2 N–H and O–H groups in total. The van der Waals surface area contributed by atoms with Crippen LogP contribution in [0, 0.1) is 5.92 Å². The van der Waals surface area contributed by atoms with Crippen LogP contribution in [0.15, 0.2) is 54.6 Å². The van der Waals surface area contributed by atoms with Crippen LogP contribution in [0.3, 0.4) is 0 Å². The van der Waals surface area contributed by atoms with Crippen LogP contribution in [-0.2, 0) is 22.4 Å². The normalized spacial score (nSPS) is 12.2. The maximum atomic E-state index is 12.1. The highest BCUT2D eigenvalue weighted by molar-refractivity contribution is 5.82. The van der Waals surface area contributed by atoms with Crippen molar-refractivity contribution < 1.29 is 14.6 Å². The number of hydrogen-bond donors (Lipinski definition) is 2. The van der Waals surface area contributed by atoms with Gasteiger partial charge in [-0.2, -0.15) is 0 Å². The lowest BCUT2D eigenvalue weighted by Crippen LogP contribution is -2.21. The topological polar surface area (TPSA) is 62.3 Å². The molecule has 118 valence electrons. The lowest BCUT2D eigenvalue weighted by molar-refractivity contribution is -0.145. The third-order valence-electron chi connectivity index (χ3n) is 3.99. The Kier molecular flexibility index (Phi) is 4.33. The first-order valence-electron chi connectivity index (χ1n) is 7.58. The highest BCUT2D eigenvalue weighted by Gasteiger charge is 2.21. The summed E-state index contributed by atoms with van der Waals surface area (Å²) in [6.45, 7) is 0. The molecule has 3 rings (SSSR count). The van der Waals surface area contributed by atoms with Gasteiger partial charge in [-0.05, 0) is 36.2 Å². The lowest BCUT2D eigenvalue weighted by atomic mass is 9.95. The number of phenolic OH excluding ortho intramolecular Hbond substituents is 1. The van der Waals surface area contributed by atoms with E-state index in [0.29, 0.717) is 12.8 Å². The fraction of sp³-hybridized carbons (Fsp3) is 0.211. The molecule has 1 heterocycles. The predicted octanol–water partition coefficient (Wildman–Crippen LogP) is 3.45. The first-order chi connectivity index (χ1) is 11.2. The summed E-state index contributed by atoms with van der Waals surface area (Å²) < 4.78 is 4.96. The number of esters is 1. The molecule has 0 aliphatic carbocycles. The molecule has 0 saturated heterocycles. The number of fused-ring (bicyclic) bond motifs is 1. The summed E-state index contributed by atoms with van der Waals surface area (Å²) in [4.78, 5) is 15.4. The molecule has 3 aromatic rings. The second-order valence-electron chi connectivity index (χ2n) is 5.68. The molecule has 2 aromatic carbocycles. The Morgan fingerprint density at radius 3 is 2.65 bits per heavy atom. The van der Waals surface area contributed by atoms with Crippen molar-refractivity contribution in [2.45, 2.75) is 12.8 Å². The number of hydrogen-bond acceptors (Lipinski definition) is 3. The third kappa shape index (κ3) is 3.54. The number of rotatable bonds is 5. The van der Waals surface area contributed by atoms with Crippen molar-refractivity contribution in [2.24, 2.45) is 5.92 Å². The number of aromatic nitrogens is 1. The van der Waals surface area contributed by atoms with Crippen LogP contribution in [-0.4, -0.2) is 23.2 Å². The molecule has 0 fully saturated rings. The van der Waals surface area contributed by atoms with Gasteiger partial charge in [0.2, 0.25) is 0 Å². The van der Waals surface area contributed by atoms with E-state index in [9.17, 15) is 9.90 Å².